The maximum Gasteiger partial charge on any atom is 0.349 e. The standard InChI is InChI=1S/C23H24N4O4S/c1-30-16-6-7-20(31-2)18(12-16)25-21(28)14-32-22-17-4-3-5-19(17)27(23(29)26-22)13-15-8-10-24-11-9-15/h6-12H,3-5,13-14H2,1-2H3,(H,25,28). The first-order valence-corrected chi connectivity index (χ1v) is 11.2. The predicted molar refractivity (Wildman–Crippen MR) is 123 cm³/mol. The lowest BCUT2D eigenvalue weighted by Gasteiger charge is -2.14. The van der Waals surface area contributed by atoms with Crippen molar-refractivity contribution in [2.24, 2.45) is 0 Å². The molecule has 8 nitrogen and oxygen atoms in total. The van der Waals surface area contributed by atoms with Crippen LogP contribution in [0.25, 0.3) is 0 Å². The number of nitrogens with one attached hydrogen (secondary N) is 1. The van der Waals surface area contributed by atoms with Gasteiger partial charge in [-0.25, -0.2) is 4.79 Å². The third-order valence-electron chi connectivity index (χ3n) is 5.31. The number of thioether (sulfide) groups is 1. The van der Waals surface area contributed by atoms with Crippen molar-refractivity contribution in [3.05, 3.63) is 70.0 Å². The van der Waals surface area contributed by atoms with Gasteiger partial charge >= 0.3 is 5.69 Å². The van der Waals surface area contributed by atoms with E-state index in [1.54, 1.807) is 49.4 Å². The van der Waals surface area contributed by atoms with Gasteiger partial charge < -0.3 is 14.8 Å². The summed E-state index contributed by atoms with van der Waals surface area (Å²) in [6.07, 6.45) is 6.09. The number of hydrogen-bond donors (Lipinski definition) is 1. The fraction of sp³-hybridized carbons (Fsp3) is 0.304. The van der Waals surface area contributed by atoms with Gasteiger partial charge in [0.15, 0.2) is 0 Å². The Hall–Kier alpha value is -3.33. The Labute approximate surface area is 190 Å². The summed E-state index contributed by atoms with van der Waals surface area (Å²) < 4.78 is 12.3. The second kappa shape index (κ2) is 9.86. The second-order valence-corrected chi connectivity index (χ2v) is 8.29. The molecule has 2 aromatic heterocycles. The van der Waals surface area contributed by atoms with Crippen LogP contribution < -0.4 is 20.5 Å². The Morgan fingerprint density at radius 2 is 1.97 bits per heavy atom. The van der Waals surface area contributed by atoms with Crippen LogP contribution in [0.1, 0.15) is 23.2 Å². The molecule has 9 heteroatoms. The van der Waals surface area contributed by atoms with Gasteiger partial charge in [-0.3, -0.25) is 14.3 Å². The minimum atomic E-state index is -0.292. The Morgan fingerprint density at radius 1 is 1.16 bits per heavy atom. The first-order valence-electron chi connectivity index (χ1n) is 10.2. The minimum absolute atomic E-state index is 0.133. The highest BCUT2D eigenvalue weighted by Gasteiger charge is 2.23. The molecule has 0 spiro atoms. The summed E-state index contributed by atoms with van der Waals surface area (Å²) in [5, 5.41) is 3.49. The molecule has 0 fully saturated rings. The van der Waals surface area contributed by atoms with E-state index in [9.17, 15) is 9.59 Å². The van der Waals surface area contributed by atoms with E-state index in [4.69, 9.17) is 9.47 Å². The molecule has 1 aliphatic carbocycles. The van der Waals surface area contributed by atoms with Crippen LogP contribution in [0.3, 0.4) is 0 Å². The lowest BCUT2D eigenvalue weighted by molar-refractivity contribution is -0.113. The van der Waals surface area contributed by atoms with Gasteiger partial charge in [-0.2, -0.15) is 4.98 Å². The molecule has 1 aliphatic rings. The number of anilines is 1. The summed E-state index contributed by atoms with van der Waals surface area (Å²) in [5.74, 6) is 1.08. The minimum Gasteiger partial charge on any atom is -0.497 e. The average Bonchev–Trinajstić information content (AvgIpc) is 3.30. The van der Waals surface area contributed by atoms with Crippen molar-refractivity contribution < 1.29 is 14.3 Å². The summed E-state index contributed by atoms with van der Waals surface area (Å²) in [7, 11) is 3.10. The van der Waals surface area contributed by atoms with Gasteiger partial charge in [0, 0.05) is 29.7 Å². The molecule has 0 aliphatic heterocycles. The van der Waals surface area contributed by atoms with Crippen LogP contribution >= 0.6 is 11.8 Å². The highest BCUT2D eigenvalue weighted by Crippen LogP contribution is 2.31. The van der Waals surface area contributed by atoms with E-state index < -0.39 is 0 Å². The smallest absolute Gasteiger partial charge is 0.349 e. The van der Waals surface area contributed by atoms with Gasteiger partial charge in [0.2, 0.25) is 5.91 Å². The van der Waals surface area contributed by atoms with Crippen LogP contribution in [0.2, 0.25) is 0 Å². The topological polar surface area (TPSA) is 95.3 Å². The number of hydrogen-bond acceptors (Lipinski definition) is 7. The summed E-state index contributed by atoms with van der Waals surface area (Å²) in [4.78, 5) is 33.7. The van der Waals surface area contributed by atoms with Crippen molar-refractivity contribution in [3.63, 3.8) is 0 Å². The van der Waals surface area contributed by atoms with Gasteiger partial charge in [-0.05, 0) is 49.1 Å². The summed E-state index contributed by atoms with van der Waals surface area (Å²) in [6, 6.07) is 8.99. The highest BCUT2D eigenvalue weighted by atomic mass is 32.2. The van der Waals surface area contributed by atoms with Gasteiger partial charge in [-0.15, -0.1) is 0 Å². The number of methoxy groups -OCH3 is 2. The van der Waals surface area contributed by atoms with Gasteiger partial charge in [0.25, 0.3) is 0 Å². The number of carbonyl (C=O) groups excluding carboxylic acids is 1. The van der Waals surface area contributed by atoms with Crippen LogP contribution in [-0.2, 0) is 24.2 Å². The third kappa shape index (κ3) is 4.77. The quantitative estimate of drug-likeness (QED) is 0.415. The van der Waals surface area contributed by atoms with Crippen molar-refractivity contribution in [3.8, 4) is 11.5 Å². The predicted octanol–water partition coefficient (Wildman–Crippen LogP) is 2.92. The molecular weight excluding hydrogens is 428 g/mol. The lowest BCUT2D eigenvalue weighted by atomic mass is 10.2. The van der Waals surface area contributed by atoms with E-state index in [1.807, 2.05) is 12.1 Å². The maximum absolute atomic E-state index is 12.8. The molecule has 1 aromatic carbocycles. The molecule has 1 amide bonds. The Morgan fingerprint density at radius 3 is 2.72 bits per heavy atom. The fourth-order valence-corrected chi connectivity index (χ4v) is 4.65. The molecule has 0 unspecified atom stereocenters. The van der Waals surface area contributed by atoms with Crippen molar-refractivity contribution in [2.75, 3.05) is 25.3 Å². The Balaban J connectivity index is 1.50. The molecule has 2 heterocycles. The SMILES string of the molecule is COc1ccc(OC)c(NC(=O)CSc2nc(=O)n(Cc3ccncc3)c3c2CCC3)c1. The molecule has 0 atom stereocenters. The average molecular weight is 453 g/mol. The lowest BCUT2D eigenvalue weighted by Crippen LogP contribution is -2.28. The molecule has 0 radical (unpaired) electrons. The van der Waals surface area contributed by atoms with Crippen LogP contribution in [0.5, 0.6) is 11.5 Å². The number of nitrogens with zero attached hydrogens (tertiary/aromatic N) is 3. The molecule has 3 aromatic rings. The van der Waals surface area contributed by atoms with Crippen molar-refractivity contribution in [1.29, 1.82) is 0 Å². The zero-order valence-corrected chi connectivity index (χ0v) is 18.8. The van der Waals surface area contributed by atoms with E-state index >= 15 is 0 Å². The summed E-state index contributed by atoms with van der Waals surface area (Å²) in [6.45, 7) is 0.470. The third-order valence-corrected chi connectivity index (χ3v) is 6.33. The number of ether oxygens (including phenoxy) is 2. The first kappa shape index (κ1) is 21.9. The second-order valence-electron chi connectivity index (χ2n) is 7.32. The zero-order chi connectivity index (χ0) is 22.5. The number of fused-ring (bicyclic) bond motifs is 1. The number of pyridine rings is 1. The van der Waals surface area contributed by atoms with E-state index in [2.05, 4.69) is 15.3 Å². The normalized spacial score (nSPS) is 12.3. The van der Waals surface area contributed by atoms with Crippen LogP contribution in [0.15, 0.2) is 52.5 Å². The van der Waals surface area contributed by atoms with Crippen LogP contribution in [0.4, 0.5) is 5.69 Å². The van der Waals surface area contributed by atoms with E-state index in [0.717, 1.165) is 36.1 Å². The molecule has 1 N–H and O–H groups in total. The number of amides is 1. The van der Waals surface area contributed by atoms with Gasteiger partial charge in [-0.1, -0.05) is 11.8 Å². The van der Waals surface area contributed by atoms with Crippen molar-refractivity contribution >= 4 is 23.4 Å². The first-order chi connectivity index (χ1) is 15.6. The number of benzene rings is 1. The van der Waals surface area contributed by atoms with E-state index in [1.165, 1.54) is 11.8 Å². The maximum atomic E-state index is 12.8. The highest BCUT2D eigenvalue weighted by molar-refractivity contribution is 8.00. The number of carbonyl (C=O) groups is 1. The van der Waals surface area contributed by atoms with Crippen LogP contribution in [-0.4, -0.2) is 40.4 Å². The molecule has 4 rings (SSSR count). The van der Waals surface area contributed by atoms with Crippen molar-refractivity contribution in [2.45, 2.75) is 30.8 Å². The van der Waals surface area contributed by atoms with Gasteiger partial charge in [0.1, 0.15) is 16.5 Å². The molecule has 32 heavy (non-hydrogen) atoms. The van der Waals surface area contributed by atoms with Crippen molar-refractivity contribution in [1.82, 2.24) is 14.5 Å². The molecule has 0 saturated heterocycles. The van der Waals surface area contributed by atoms with Crippen LogP contribution in [0, 0.1) is 0 Å². The van der Waals surface area contributed by atoms with Gasteiger partial charge in [0.05, 0.1) is 32.2 Å². The number of aromatic nitrogens is 3. The summed E-state index contributed by atoms with van der Waals surface area (Å²) in [5.41, 5.74) is 3.32. The zero-order valence-electron chi connectivity index (χ0n) is 18.0. The fourth-order valence-electron chi connectivity index (χ4n) is 3.77. The molecule has 166 valence electrons. The molecular formula is C23H24N4O4S. The molecule has 0 saturated carbocycles. The number of rotatable bonds is 8. The monoisotopic (exact) mass is 452 g/mol. The summed E-state index contributed by atoms with van der Waals surface area (Å²) >= 11 is 1.29. The van der Waals surface area contributed by atoms with E-state index in [-0.39, 0.29) is 17.3 Å². The Kier molecular flexibility index (Phi) is 6.75. The van der Waals surface area contributed by atoms with E-state index in [0.29, 0.717) is 28.8 Å². The molecule has 0 bridgehead atoms. The Bertz CT molecular complexity index is 1180. The largest absolute Gasteiger partial charge is 0.497 e.